The predicted molar refractivity (Wildman–Crippen MR) is 65.8 cm³/mol. The topological polar surface area (TPSA) is 50.7 Å². The Morgan fingerprint density at radius 3 is 2.94 bits per heavy atom. The molecule has 4 heteroatoms. The number of phenols is 1. The van der Waals surface area contributed by atoms with Crippen molar-refractivity contribution in [1.29, 1.82) is 0 Å². The summed E-state index contributed by atoms with van der Waals surface area (Å²) in [5.74, 6) is 1.08. The Hall–Kier alpha value is -1.42. The van der Waals surface area contributed by atoms with Crippen molar-refractivity contribution in [1.82, 2.24) is 5.32 Å². The monoisotopic (exact) mass is 237 g/mol. The van der Waals surface area contributed by atoms with E-state index in [0.717, 1.165) is 25.9 Å². The fraction of sp³-hybridized carbons (Fsp3) is 0.538. The van der Waals surface area contributed by atoms with Crippen molar-refractivity contribution in [3.63, 3.8) is 0 Å². The third-order valence-electron chi connectivity index (χ3n) is 2.81. The average Bonchev–Trinajstić information content (AvgIpc) is 2.36. The number of ether oxygens (including phenoxy) is 2. The molecule has 0 radical (unpaired) electrons. The SMILES string of the molecule is CCOc1cccc(OC2CCCNC2)c1O. The van der Waals surface area contributed by atoms with Crippen LogP contribution in [0.25, 0.3) is 0 Å². The quantitative estimate of drug-likeness (QED) is 0.840. The molecule has 1 fully saturated rings. The van der Waals surface area contributed by atoms with Gasteiger partial charge in [0.05, 0.1) is 6.61 Å². The summed E-state index contributed by atoms with van der Waals surface area (Å²) >= 11 is 0. The summed E-state index contributed by atoms with van der Waals surface area (Å²) in [6.07, 6.45) is 2.26. The van der Waals surface area contributed by atoms with Crippen LogP contribution in [0, 0.1) is 0 Å². The second kappa shape index (κ2) is 5.77. The predicted octanol–water partition coefficient (Wildman–Crippen LogP) is 1.92. The first-order valence-electron chi connectivity index (χ1n) is 6.13. The highest BCUT2D eigenvalue weighted by molar-refractivity contribution is 5.49. The van der Waals surface area contributed by atoms with Gasteiger partial charge >= 0.3 is 0 Å². The number of piperidine rings is 1. The molecular weight excluding hydrogens is 218 g/mol. The lowest BCUT2D eigenvalue weighted by Gasteiger charge is -2.24. The highest BCUT2D eigenvalue weighted by Gasteiger charge is 2.17. The van der Waals surface area contributed by atoms with Crippen molar-refractivity contribution in [3.8, 4) is 17.2 Å². The summed E-state index contributed by atoms with van der Waals surface area (Å²) in [6, 6.07) is 5.34. The molecule has 1 atom stereocenters. The minimum absolute atomic E-state index is 0.0972. The highest BCUT2D eigenvalue weighted by Crippen LogP contribution is 2.36. The second-order valence-corrected chi connectivity index (χ2v) is 4.12. The molecule has 0 amide bonds. The van der Waals surface area contributed by atoms with Crippen LogP contribution in [0.1, 0.15) is 19.8 Å². The lowest BCUT2D eigenvalue weighted by atomic mass is 10.1. The first kappa shape index (κ1) is 12.0. The van der Waals surface area contributed by atoms with Gasteiger partial charge in [-0.25, -0.2) is 0 Å². The van der Waals surface area contributed by atoms with E-state index in [1.54, 1.807) is 12.1 Å². The lowest BCUT2D eigenvalue weighted by molar-refractivity contribution is 0.160. The van der Waals surface area contributed by atoms with Gasteiger partial charge in [0.1, 0.15) is 6.10 Å². The maximum atomic E-state index is 9.98. The van der Waals surface area contributed by atoms with Gasteiger partial charge in [-0.3, -0.25) is 0 Å². The Morgan fingerprint density at radius 2 is 2.24 bits per heavy atom. The minimum Gasteiger partial charge on any atom is -0.502 e. The maximum absolute atomic E-state index is 9.98. The number of aromatic hydroxyl groups is 1. The Morgan fingerprint density at radius 1 is 1.41 bits per heavy atom. The standard InChI is InChI=1S/C13H19NO3/c1-2-16-11-6-3-7-12(13(11)15)17-10-5-4-8-14-9-10/h3,6-7,10,14-15H,2,4-5,8-9H2,1H3. The Kier molecular flexibility index (Phi) is 4.09. The van der Waals surface area contributed by atoms with Crippen molar-refractivity contribution in [2.24, 2.45) is 0 Å². The first-order valence-corrected chi connectivity index (χ1v) is 6.13. The third-order valence-corrected chi connectivity index (χ3v) is 2.81. The number of hydrogen-bond acceptors (Lipinski definition) is 4. The van der Waals surface area contributed by atoms with Crippen molar-refractivity contribution >= 4 is 0 Å². The van der Waals surface area contributed by atoms with E-state index in [-0.39, 0.29) is 11.9 Å². The van der Waals surface area contributed by atoms with Crippen LogP contribution in [0.15, 0.2) is 18.2 Å². The fourth-order valence-electron chi connectivity index (χ4n) is 1.97. The van der Waals surface area contributed by atoms with Crippen LogP contribution in [0.2, 0.25) is 0 Å². The molecule has 1 heterocycles. The lowest BCUT2D eigenvalue weighted by Crippen LogP contribution is -2.37. The van der Waals surface area contributed by atoms with Gasteiger partial charge in [0.2, 0.25) is 5.75 Å². The zero-order valence-electron chi connectivity index (χ0n) is 10.1. The van der Waals surface area contributed by atoms with Crippen molar-refractivity contribution in [2.45, 2.75) is 25.9 Å². The van der Waals surface area contributed by atoms with E-state index >= 15 is 0 Å². The molecule has 94 valence electrons. The summed E-state index contributed by atoms with van der Waals surface area (Å²) < 4.78 is 11.1. The van der Waals surface area contributed by atoms with Crippen molar-refractivity contribution in [3.05, 3.63) is 18.2 Å². The molecular formula is C13H19NO3. The molecule has 2 N–H and O–H groups in total. The first-order chi connectivity index (χ1) is 8.31. The molecule has 1 aliphatic heterocycles. The molecule has 0 spiro atoms. The Balaban J connectivity index is 2.06. The van der Waals surface area contributed by atoms with Gasteiger partial charge < -0.3 is 19.9 Å². The molecule has 1 aromatic rings. The van der Waals surface area contributed by atoms with Gasteiger partial charge in [-0.1, -0.05) is 6.07 Å². The van der Waals surface area contributed by atoms with E-state index < -0.39 is 0 Å². The zero-order valence-corrected chi connectivity index (χ0v) is 10.1. The summed E-state index contributed by atoms with van der Waals surface area (Å²) in [7, 11) is 0. The summed E-state index contributed by atoms with van der Waals surface area (Å²) in [4.78, 5) is 0. The highest BCUT2D eigenvalue weighted by atomic mass is 16.5. The Labute approximate surface area is 102 Å². The van der Waals surface area contributed by atoms with Gasteiger partial charge in [0.15, 0.2) is 11.5 Å². The molecule has 0 bridgehead atoms. The number of benzene rings is 1. The second-order valence-electron chi connectivity index (χ2n) is 4.12. The number of phenolic OH excluding ortho intramolecular Hbond substituents is 1. The average molecular weight is 237 g/mol. The summed E-state index contributed by atoms with van der Waals surface area (Å²) in [5.41, 5.74) is 0. The van der Waals surface area contributed by atoms with Crippen LogP contribution >= 0.6 is 0 Å². The summed E-state index contributed by atoms with van der Waals surface area (Å²) in [6.45, 7) is 4.29. The fourth-order valence-corrected chi connectivity index (χ4v) is 1.97. The van der Waals surface area contributed by atoms with E-state index in [2.05, 4.69) is 5.32 Å². The van der Waals surface area contributed by atoms with Crippen molar-refractivity contribution < 1.29 is 14.6 Å². The minimum atomic E-state index is 0.0972. The van der Waals surface area contributed by atoms with E-state index in [1.165, 1.54) is 0 Å². The Bertz CT molecular complexity index is 362. The molecule has 0 saturated carbocycles. The van der Waals surface area contributed by atoms with E-state index in [9.17, 15) is 5.11 Å². The van der Waals surface area contributed by atoms with Gasteiger partial charge in [-0.05, 0) is 38.4 Å². The van der Waals surface area contributed by atoms with E-state index in [1.807, 2.05) is 13.0 Å². The zero-order chi connectivity index (χ0) is 12.1. The summed E-state index contributed by atoms with van der Waals surface area (Å²) in [5, 5.41) is 13.3. The maximum Gasteiger partial charge on any atom is 0.200 e. The number of para-hydroxylation sites is 1. The van der Waals surface area contributed by atoms with Crippen LogP contribution in [0.4, 0.5) is 0 Å². The van der Waals surface area contributed by atoms with Gasteiger partial charge in [-0.2, -0.15) is 0 Å². The van der Waals surface area contributed by atoms with Crippen LogP contribution in [0.5, 0.6) is 17.2 Å². The molecule has 1 aliphatic rings. The normalized spacial score (nSPS) is 19.9. The van der Waals surface area contributed by atoms with Crippen LogP contribution < -0.4 is 14.8 Å². The molecule has 0 aromatic heterocycles. The van der Waals surface area contributed by atoms with Crippen LogP contribution in [-0.4, -0.2) is 30.9 Å². The van der Waals surface area contributed by atoms with Crippen molar-refractivity contribution in [2.75, 3.05) is 19.7 Å². The van der Waals surface area contributed by atoms with Gasteiger partial charge in [0, 0.05) is 6.54 Å². The number of rotatable bonds is 4. The van der Waals surface area contributed by atoms with Crippen LogP contribution in [-0.2, 0) is 0 Å². The third kappa shape index (κ3) is 3.03. The number of nitrogens with one attached hydrogen (secondary N) is 1. The molecule has 2 rings (SSSR count). The van der Waals surface area contributed by atoms with E-state index in [4.69, 9.17) is 9.47 Å². The molecule has 0 aliphatic carbocycles. The smallest absolute Gasteiger partial charge is 0.200 e. The molecule has 1 unspecified atom stereocenters. The number of hydrogen-bond donors (Lipinski definition) is 2. The molecule has 17 heavy (non-hydrogen) atoms. The molecule has 1 saturated heterocycles. The largest absolute Gasteiger partial charge is 0.502 e. The van der Waals surface area contributed by atoms with Gasteiger partial charge in [0.25, 0.3) is 0 Å². The molecule has 1 aromatic carbocycles. The van der Waals surface area contributed by atoms with Crippen LogP contribution in [0.3, 0.4) is 0 Å². The van der Waals surface area contributed by atoms with E-state index in [0.29, 0.717) is 18.1 Å². The van der Waals surface area contributed by atoms with Gasteiger partial charge in [-0.15, -0.1) is 0 Å². The molecule has 4 nitrogen and oxygen atoms in total.